The van der Waals surface area contributed by atoms with Crippen LogP contribution in [0.2, 0.25) is 0 Å². The molecule has 1 aromatic heterocycles. The largest absolute Gasteiger partial charge is 0.487 e. The van der Waals surface area contributed by atoms with Gasteiger partial charge in [-0.2, -0.15) is 0 Å². The summed E-state index contributed by atoms with van der Waals surface area (Å²) in [4.78, 5) is 9.00. The molecule has 0 aliphatic heterocycles. The monoisotopic (exact) mass is 249 g/mol. The number of ether oxygens (including phenoxy) is 1. The molecule has 0 unspecified atom stereocenters. The van der Waals surface area contributed by atoms with Crippen molar-refractivity contribution in [2.24, 2.45) is 0 Å². The molecule has 18 heavy (non-hydrogen) atoms. The van der Waals surface area contributed by atoms with Crippen LogP contribution in [0.15, 0.2) is 6.20 Å². The van der Waals surface area contributed by atoms with Crippen molar-refractivity contribution in [2.45, 2.75) is 65.1 Å². The van der Waals surface area contributed by atoms with E-state index in [4.69, 9.17) is 4.74 Å². The maximum Gasteiger partial charge on any atom is 0.160 e. The standard InChI is InChI=1S/C14H23N3O/c1-9(2)14-16-8-13(18-10(3)4)12(17-14)7-15-11-5-6-11/h8-11,15H,5-7H2,1-4H3. The highest BCUT2D eigenvalue weighted by Crippen LogP contribution is 2.23. The lowest BCUT2D eigenvalue weighted by molar-refractivity contribution is 0.236. The first-order valence-electron chi connectivity index (χ1n) is 6.82. The Bertz CT molecular complexity index is 400. The molecular weight excluding hydrogens is 226 g/mol. The van der Waals surface area contributed by atoms with Gasteiger partial charge < -0.3 is 10.1 Å². The minimum Gasteiger partial charge on any atom is -0.487 e. The van der Waals surface area contributed by atoms with Crippen LogP contribution < -0.4 is 10.1 Å². The normalized spacial score (nSPS) is 15.4. The Kier molecular flexibility index (Phi) is 4.17. The first-order chi connectivity index (χ1) is 8.56. The zero-order valence-electron chi connectivity index (χ0n) is 11.7. The van der Waals surface area contributed by atoms with Crippen molar-refractivity contribution in [3.05, 3.63) is 17.7 Å². The third-order valence-corrected chi connectivity index (χ3v) is 2.86. The molecule has 0 aromatic carbocycles. The van der Waals surface area contributed by atoms with Crippen molar-refractivity contribution in [1.82, 2.24) is 15.3 Å². The Morgan fingerprint density at radius 3 is 2.61 bits per heavy atom. The number of hydrogen-bond donors (Lipinski definition) is 1. The smallest absolute Gasteiger partial charge is 0.160 e. The third kappa shape index (κ3) is 3.67. The van der Waals surface area contributed by atoms with E-state index in [0.29, 0.717) is 12.0 Å². The fourth-order valence-corrected chi connectivity index (χ4v) is 1.71. The van der Waals surface area contributed by atoms with Crippen molar-refractivity contribution in [2.75, 3.05) is 0 Å². The first-order valence-corrected chi connectivity index (χ1v) is 6.82. The topological polar surface area (TPSA) is 47.0 Å². The van der Waals surface area contributed by atoms with Gasteiger partial charge in [-0.25, -0.2) is 9.97 Å². The molecule has 0 radical (unpaired) electrons. The van der Waals surface area contributed by atoms with Crippen LogP contribution in [0, 0.1) is 0 Å². The van der Waals surface area contributed by atoms with Crippen molar-refractivity contribution in [3.8, 4) is 5.75 Å². The predicted octanol–water partition coefficient (Wildman–Crippen LogP) is 2.64. The average molecular weight is 249 g/mol. The molecule has 1 heterocycles. The molecule has 1 aliphatic rings. The van der Waals surface area contributed by atoms with Crippen LogP contribution in [0.4, 0.5) is 0 Å². The highest BCUT2D eigenvalue weighted by molar-refractivity contribution is 5.25. The molecule has 4 heteroatoms. The second-order valence-corrected chi connectivity index (χ2v) is 5.52. The lowest BCUT2D eigenvalue weighted by Gasteiger charge is -2.15. The molecule has 1 saturated carbocycles. The summed E-state index contributed by atoms with van der Waals surface area (Å²) in [7, 11) is 0. The van der Waals surface area contributed by atoms with Crippen molar-refractivity contribution in [1.29, 1.82) is 0 Å². The zero-order valence-corrected chi connectivity index (χ0v) is 11.7. The summed E-state index contributed by atoms with van der Waals surface area (Å²) < 4.78 is 5.77. The van der Waals surface area contributed by atoms with E-state index in [1.807, 2.05) is 20.0 Å². The Labute approximate surface area is 109 Å². The zero-order chi connectivity index (χ0) is 13.1. The van der Waals surface area contributed by atoms with Gasteiger partial charge in [0, 0.05) is 18.5 Å². The van der Waals surface area contributed by atoms with E-state index in [2.05, 4.69) is 29.1 Å². The number of nitrogens with one attached hydrogen (secondary N) is 1. The van der Waals surface area contributed by atoms with Crippen LogP contribution in [-0.2, 0) is 6.54 Å². The van der Waals surface area contributed by atoms with E-state index in [-0.39, 0.29) is 6.10 Å². The molecule has 0 saturated heterocycles. The summed E-state index contributed by atoms with van der Waals surface area (Å²) in [5.74, 6) is 2.04. The van der Waals surface area contributed by atoms with Crippen LogP contribution in [0.3, 0.4) is 0 Å². The van der Waals surface area contributed by atoms with Gasteiger partial charge in [0.25, 0.3) is 0 Å². The molecule has 4 nitrogen and oxygen atoms in total. The van der Waals surface area contributed by atoms with Gasteiger partial charge in [0.2, 0.25) is 0 Å². The maximum absolute atomic E-state index is 5.77. The van der Waals surface area contributed by atoms with E-state index < -0.39 is 0 Å². The molecule has 1 aliphatic carbocycles. The van der Waals surface area contributed by atoms with Gasteiger partial charge in [0.1, 0.15) is 5.82 Å². The van der Waals surface area contributed by atoms with Crippen molar-refractivity contribution >= 4 is 0 Å². The number of hydrogen-bond acceptors (Lipinski definition) is 4. The molecular formula is C14H23N3O. The van der Waals surface area contributed by atoms with Gasteiger partial charge in [-0.05, 0) is 26.7 Å². The molecule has 1 aromatic rings. The molecule has 1 N–H and O–H groups in total. The Balaban J connectivity index is 2.14. The van der Waals surface area contributed by atoms with Crippen LogP contribution in [0.25, 0.3) is 0 Å². The van der Waals surface area contributed by atoms with Gasteiger partial charge in [0.15, 0.2) is 5.75 Å². The van der Waals surface area contributed by atoms with E-state index >= 15 is 0 Å². The third-order valence-electron chi connectivity index (χ3n) is 2.86. The number of rotatable bonds is 6. The molecule has 0 bridgehead atoms. The minimum atomic E-state index is 0.151. The SMILES string of the molecule is CC(C)Oc1cnc(C(C)C)nc1CNC1CC1. The Morgan fingerprint density at radius 1 is 1.33 bits per heavy atom. The second kappa shape index (κ2) is 5.65. The van der Waals surface area contributed by atoms with E-state index in [9.17, 15) is 0 Å². The maximum atomic E-state index is 5.77. The summed E-state index contributed by atoms with van der Waals surface area (Å²) in [5, 5.41) is 3.48. The molecule has 0 amide bonds. The minimum absolute atomic E-state index is 0.151. The summed E-state index contributed by atoms with van der Waals surface area (Å²) in [5.41, 5.74) is 0.981. The number of aromatic nitrogens is 2. The molecule has 0 atom stereocenters. The van der Waals surface area contributed by atoms with Gasteiger partial charge in [-0.3, -0.25) is 0 Å². The van der Waals surface area contributed by atoms with Crippen molar-refractivity contribution in [3.63, 3.8) is 0 Å². The molecule has 100 valence electrons. The van der Waals surface area contributed by atoms with Crippen LogP contribution >= 0.6 is 0 Å². The van der Waals surface area contributed by atoms with Crippen LogP contribution in [0.1, 0.15) is 58.0 Å². The quantitative estimate of drug-likeness (QED) is 0.842. The van der Waals surface area contributed by atoms with Crippen molar-refractivity contribution < 1.29 is 4.74 Å². The van der Waals surface area contributed by atoms with Gasteiger partial charge >= 0.3 is 0 Å². The summed E-state index contributed by atoms with van der Waals surface area (Å²) in [6.07, 6.45) is 4.52. The summed E-state index contributed by atoms with van der Waals surface area (Å²) >= 11 is 0. The first kappa shape index (κ1) is 13.3. The van der Waals surface area contributed by atoms with E-state index in [0.717, 1.165) is 23.8 Å². The highest BCUT2D eigenvalue weighted by atomic mass is 16.5. The lowest BCUT2D eigenvalue weighted by Crippen LogP contribution is -2.19. The Morgan fingerprint density at radius 2 is 2.06 bits per heavy atom. The van der Waals surface area contributed by atoms with Gasteiger partial charge in [-0.15, -0.1) is 0 Å². The fourth-order valence-electron chi connectivity index (χ4n) is 1.71. The average Bonchev–Trinajstić information content (AvgIpc) is 3.10. The van der Waals surface area contributed by atoms with Crippen LogP contribution in [0.5, 0.6) is 5.75 Å². The summed E-state index contributed by atoms with van der Waals surface area (Å²) in [6.45, 7) is 9.03. The molecule has 2 rings (SSSR count). The predicted molar refractivity (Wildman–Crippen MR) is 71.7 cm³/mol. The van der Waals surface area contributed by atoms with Crippen LogP contribution in [-0.4, -0.2) is 22.1 Å². The van der Waals surface area contributed by atoms with Gasteiger partial charge in [0.05, 0.1) is 18.0 Å². The van der Waals surface area contributed by atoms with E-state index in [1.54, 1.807) is 0 Å². The fraction of sp³-hybridized carbons (Fsp3) is 0.714. The number of nitrogens with zero attached hydrogens (tertiary/aromatic N) is 2. The molecule has 0 spiro atoms. The Hall–Kier alpha value is -1.16. The van der Waals surface area contributed by atoms with E-state index in [1.165, 1.54) is 12.8 Å². The second-order valence-electron chi connectivity index (χ2n) is 5.52. The highest BCUT2D eigenvalue weighted by Gasteiger charge is 2.21. The summed E-state index contributed by atoms with van der Waals surface area (Å²) in [6, 6.07) is 0.675. The van der Waals surface area contributed by atoms with Gasteiger partial charge in [-0.1, -0.05) is 13.8 Å². The lowest BCUT2D eigenvalue weighted by atomic mass is 10.2. The molecule has 1 fully saturated rings.